The number of nitrogens with one attached hydrogen (secondary N) is 1. The third-order valence-corrected chi connectivity index (χ3v) is 0.897. The maximum absolute atomic E-state index is 4.05. The van der Waals surface area contributed by atoms with Crippen LogP contribution in [0, 0.1) is 0 Å². The first-order valence-electron chi connectivity index (χ1n) is 3.07. The van der Waals surface area contributed by atoms with Gasteiger partial charge in [-0.2, -0.15) is 0 Å². The highest BCUT2D eigenvalue weighted by Crippen LogP contribution is 1.72. The first kappa shape index (κ1) is 8.43. The largest absolute Gasteiger partial charge is 0.380 e. The average Bonchev–Trinajstić information content (AvgIpc) is 1.80. The molecule has 54 valence electrons. The Morgan fingerprint density at radius 1 is 1.56 bits per heavy atom. The highest BCUT2D eigenvalue weighted by atomic mass is 15.1. The zero-order valence-corrected chi connectivity index (χ0v) is 6.39. The molecule has 9 heavy (non-hydrogen) atoms. The second kappa shape index (κ2) is 5.56. The van der Waals surface area contributed by atoms with E-state index in [1.54, 1.807) is 6.34 Å². The van der Waals surface area contributed by atoms with Gasteiger partial charge in [-0.3, -0.25) is 4.99 Å². The SMILES string of the molecule is CN/C=N/CCN(C)C. The Balaban J connectivity index is 2.99. The lowest BCUT2D eigenvalue weighted by Gasteiger charge is -2.04. The normalized spacial score (nSPS) is 11.1. The van der Waals surface area contributed by atoms with Crippen LogP contribution in [0.25, 0.3) is 0 Å². The first-order valence-corrected chi connectivity index (χ1v) is 3.07. The Morgan fingerprint density at radius 3 is 2.67 bits per heavy atom. The van der Waals surface area contributed by atoms with Gasteiger partial charge in [0.15, 0.2) is 0 Å². The Kier molecular flexibility index (Phi) is 5.21. The molecule has 0 spiro atoms. The molecule has 0 saturated carbocycles. The van der Waals surface area contributed by atoms with Crippen molar-refractivity contribution in [2.45, 2.75) is 0 Å². The lowest BCUT2D eigenvalue weighted by molar-refractivity contribution is 0.420. The molecule has 0 atom stereocenters. The zero-order chi connectivity index (χ0) is 7.11. The fraction of sp³-hybridized carbons (Fsp3) is 0.833. The van der Waals surface area contributed by atoms with E-state index in [9.17, 15) is 0 Å². The number of aliphatic imine (C=N–C) groups is 1. The van der Waals surface area contributed by atoms with E-state index < -0.39 is 0 Å². The van der Waals surface area contributed by atoms with Crippen molar-refractivity contribution in [1.29, 1.82) is 0 Å². The van der Waals surface area contributed by atoms with Crippen molar-refractivity contribution >= 4 is 6.34 Å². The van der Waals surface area contributed by atoms with Gasteiger partial charge in [-0.05, 0) is 14.1 Å². The van der Waals surface area contributed by atoms with E-state index in [4.69, 9.17) is 0 Å². The summed E-state index contributed by atoms with van der Waals surface area (Å²) >= 11 is 0. The van der Waals surface area contributed by atoms with Gasteiger partial charge in [-0.1, -0.05) is 0 Å². The highest BCUT2D eigenvalue weighted by Gasteiger charge is 1.83. The van der Waals surface area contributed by atoms with Crippen molar-refractivity contribution in [1.82, 2.24) is 10.2 Å². The van der Waals surface area contributed by atoms with Crippen LogP contribution in [0.5, 0.6) is 0 Å². The number of nitrogens with zero attached hydrogens (tertiary/aromatic N) is 2. The summed E-state index contributed by atoms with van der Waals surface area (Å²) in [6.45, 7) is 1.88. The smallest absolute Gasteiger partial charge is 0.0821 e. The van der Waals surface area contributed by atoms with Gasteiger partial charge in [0.1, 0.15) is 0 Å². The van der Waals surface area contributed by atoms with E-state index >= 15 is 0 Å². The van der Waals surface area contributed by atoms with Crippen LogP contribution < -0.4 is 5.32 Å². The Labute approximate surface area is 56.8 Å². The fourth-order valence-electron chi connectivity index (χ4n) is 0.414. The topological polar surface area (TPSA) is 27.6 Å². The summed E-state index contributed by atoms with van der Waals surface area (Å²) in [6, 6.07) is 0. The lowest BCUT2D eigenvalue weighted by atomic mass is 10.6. The van der Waals surface area contributed by atoms with Gasteiger partial charge in [0.05, 0.1) is 12.9 Å². The molecule has 0 fully saturated rings. The van der Waals surface area contributed by atoms with Crippen LogP contribution in [-0.2, 0) is 0 Å². The van der Waals surface area contributed by atoms with Crippen molar-refractivity contribution in [3.63, 3.8) is 0 Å². The molecule has 1 N–H and O–H groups in total. The summed E-state index contributed by atoms with van der Waals surface area (Å²) < 4.78 is 0. The molecule has 0 amide bonds. The molecule has 0 rings (SSSR count). The number of hydrogen-bond acceptors (Lipinski definition) is 2. The van der Waals surface area contributed by atoms with Crippen LogP contribution in [0.15, 0.2) is 4.99 Å². The summed E-state index contributed by atoms with van der Waals surface area (Å²) in [5.74, 6) is 0. The minimum atomic E-state index is 0.869. The van der Waals surface area contributed by atoms with E-state index in [2.05, 4.69) is 15.2 Å². The Hall–Kier alpha value is -0.570. The van der Waals surface area contributed by atoms with E-state index in [0.717, 1.165) is 13.1 Å². The third-order valence-electron chi connectivity index (χ3n) is 0.897. The Morgan fingerprint density at radius 2 is 2.22 bits per heavy atom. The second-order valence-corrected chi connectivity index (χ2v) is 2.13. The Bertz CT molecular complexity index is 78.4. The van der Waals surface area contributed by atoms with Gasteiger partial charge in [0.2, 0.25) is 0 Å². The van der Waals surface area contributed by atoms with Gasteiger partial charge in [0, 0.05) is 13.6 Å². The highest BCUT2D eigenvalue weighted by molar-refractivity contribution is 5.53. The maximum Gasteiger partial charge on any atom is 0.0821 e. The molecule has 0 radical (unpaired) electrons. The fourth-order valence-corrected chi connectivity index (χ4v) is 0.414. The standard InChI is InChI=1S/C6H15N3/c1-7-6-8-4-5-9(2)3/h6H,4-5H2,1-3H3,(H,7,8). The van der Waals surface area contributed by atoms with Gasteiger partial charge < -0.3 is 10.2 Å². The van der Waals surface area contributed by atoms with Crippen LogP contribution in [0.2, 0.25) is 0 Å². The van der Waals surface area contributed by atoms with E-state index in [-0.39, 0.29) is 0 Å². The molecule has 0 aliphatic rings. The molecule has 0 aliphatic heterocycles. The summed E-state index contributed by atoms with van der Waals surface area (Å²) in [5, 5.41) is 2.83. The molecule has 0 aromatic heterocycles. The molecule has 0 bridgehead atoms. The summed E-state index contributed by atoms with van der Waals surface area (Å²) in [5.41, 5.74) is 0. The monoisotopic (exact) mass is 129 g/mol. The van der Waals surface area contributed by atoms with Crippen molar-refractivity contribution in [2.24, 2.45) is 4.99 Å². The van der Waals surface area contributed by atoms with Gasteiger partial charge >= 0.3 is 0 Å². The summed E-state index contributed by atoms with van der Waals surface area (Å²) in [6.07, 6.45) is 1.71. The number of likely N-dealkylation sites (N-methyl/N-ethyl adjacent to an activating group) is 1. The first-order chi connectivity index (χ1) is 4.27. The van der Waals surface area contributed by atoms with Gasteiger partial charge in [0.25, 0.3) is 0 Å². The van der Waals surface area contributed by atoms with Crippen LogP contribution in [0.1, 0.15) is 0 Å². The van der Waals surface area contributed by atoms with Crippen molar-refractivity contribution in [3.8, 4) is 0 Å². The van der Waals surface area contributed by atoms with Crippen LogP contribution in [0.3, 0.4) is 0 Å². The zero-order valence-electron chi connectivity index (χ0n) is 6.39. The van der Waals surface area contributed by atoms with Crippen molar-refractivity contribution < 1.29 is 0 Å². The van der Waals surface area contributed by atoms with Crippen LogP contribution in [-0.4, -0.2) is 45.5 Å². The summed E-state index contributed by atoms with van der Waals surface area (Å²) in [7, 11) is 5.92. The predicted octanol–water partition coefficient (Wildman–Crippen LogP) is -0.204. The minimum Gasteiger partial charge on any atom is -0.380 e. The molecule has 0 aromatic rings. The minimum absolute atomic E-state index is 0.869. The molecular formula is C6H15N3. The van der Waals surface area contributed by atoms with Crippen LogP contribution >= 0.6 is 0 Å². The van der Waals surface area contributed by atoms with E-state index in [0.29, 0.717) is 0 Å². The third kappa shape index (κ3) is 7.43. The number of rotatable bonds is 4. The maximum atomic E-state index is 4.05. The molecule has 0 saturated heterocycles. The predicted molar refractivity (Wildman–Crippen MR) is 41.0 cm³/mol. The van der Waals surface area contributed by atoms with Crippen molar-refractivity contribution in [2.75, 3.05) is 34.2 Å². The van der Waals surface area contributed by atoms with Crippen LogP contribution in [0.4, 0.5) is 0 Å². The van der Waals surface area contributed by atoms with E-state index in [1.165, 1.54) is 0 Å². The van der Waals surface area contributed by atoms with Gasteiger partial charge in [-0.15, -0.1) is 0 Å². The molecule has 3 nitrogen and oxygen atoms in total. The quantitative estimate of drug-likeness (QED) is 0.420. The molecule has 0 heterocycles. The molecule has 0 aromatic carbocycles. The average molecular weight is 129 g/mol. The summed E-state index contributed by atoms with van der Waals surface area (Å²) in [4.78, 5) is 6.16. The molecule has 0 unspecified atom stereocenters. The second-order valence-electron chi connectivity index (χ2n) is 2.13. The van der Waals surface area contributed by atoms with E-state index in [1.807, 2.05) is 21.1 Å². The molecular weight excluding hydrogens is 114 g/mol. The number of hydrogen-bond donors (Lipinski definition) is 1. The van der Waals surface area contributed by atoms with Gasteiger partial charge in [-0.25, -0.2) is 0 Å². The lowest BCUT2D eigenvalue weighted by Crippen LogP contribution is -2.16. The van der Waals surface area contributed by atoms with Crippen molar-refractivity contribution in [3.05, 3.63) is 0 Å². The molecule has 3 heteroatoms. The molecule has 0 aliphatic carbocycles.